The van der Waals surface area contributed by atoms with Crippen LogP contribution in [0.2, 0.25) is 0 Å². The molecule has 0 radical (unpaired) electrons. The third kappa shape index (κ3) is 3.23. The van der Waals surface area contributed by atoms with Crippen molar-refractivity contribution in [2.45, 2.75) is 71.0 Å². The van der Waals surface area contributed by atoms with Crippen molar-refractivity contribution in [1.29, 1.82) is 0 Å². The Kier molecular flexibility index (Phi) is 5.61. The molecule has 4 heteroatoms. The molecule has 1 aliphatic carbocycles. The second kappa shape index (κ2) is 7.23. The van der Waals surface area contributed by atoms with Gasteiger partial charge in [-0.2, -0.15) is 0 Å². The predicted octanol–water partition coefficient (Wildman–Crippen LogP) is 3.12. The van der Waals surface area contributed by atoms with E-state index < -0.39 is 0 Å². The predicted molar refractivity (Wildman–Crippen MR) is 83.7 cm³/mol. The van der Waals surface area contributed by atoms with Gasteiger partial charge in [-0.1, -0.05) is 26.2 Å². The summed E-state index contributed by atoms with van der Waals surface area (Å²) >= 11 is 0. The Morgan fingerprint density at radius 3 is 2.60 bits per heavy atom. The minimum absolute atomic E-state index is 0.299. The highest BCUT2D eigenvalue weighted by atomic mass is 15.2. The monoisotopic (exact) mass is 278 g/mol. The van der Waals surface area contributed by atoms with Gasteiger partial charge in [-0.25, -0.2) is 4.98 Å². The second-order valence-electron chi connectivity index (χ2n) is 6.19. The van der Waals surface area contributed by atoms with Gasteiger partial charge >= 0.3 is 0 Å². The fraction of sp³-hybridized carbons (Fsp3) is 0.812. The van der Waals surface area contributed by atoms with Crippen molar-refractivity contribution in [3.63, 3.8) is 0 Å². The Bertz CT molecular complexity index is 393. The number of aromatic nitrogens is 2. The lowest BCUT2D eigenvalue weighted by Crippen LogP contribution is -2.43. The summed E-state index contributed by atoms with van der Waals surface area (Å²) in [5, 5.41) is 0. The maximum atomic E-state index is 6.13. The molecule has 2 N–H and O–H groups in total. The molecule has 1 aromatic heterocycles. The van der Waals surface area contributed by atoms with Crippen LogP contribution in [-0.4, -0.2) is 33.6 Å². The SMILES string of the molecule is CCN(C1CCCCC1)C(CN)c1cncn1C(C)C. The zero-order chi connectivity index (χ0) is 14.5. The van der Waals surface area contributed by atoms with Crippen LogP contribution in [0.4, 0.5) is 0 Å². The molecule has 2 rings (SSSR count). The molecule has 1 aliphatic rings. The number of imidazole rings is 1. The van der Waals surface area contributed by atoms with E-state index in [1.807, 2.05) is 12.5 Å². The average molecular weight is 278 g/mol. The Hall–Kier alpha value is -0.870. The van der Waals surface area contributed by atoms with Gasteiger partial charge in [0, 0.05) is 24.8 Å². The van der Waals surface area contributed by atoms with Crippen molar-refractivity contribution in [3.8, 4) is 0 Å². The molecular formula is C16H30N4. The minimum atomic E-state index is 0.299. The number of nitrogens with two attached hydrogens (primary N) is 1. The molecule has 1 fully saturated rings. The molecule has 0 saturated heterocycles. The molecule has 1 aromatic rings. The zero-order valence-electron chi connectivity index (χ0n) is 13.3. The van der Waals surface area contributed by atoms with Crippen molar-refractivity contribution in [2.75, 3.05) is 13.1 Å². The molecule has 114 valence electrons. The summed E-state index contributed by atoms with van der Waals surface area (Å²) in [7, 11) is 0. The Morgan fingerprint density at radius 1 is 1.35 bits per heavy atom. The first-order chi connectivity index (χ1) is 9.69. The van der Waals surface area contributed by atoms with E-state index in [1.54, 1.807) is 0 Å². The Labute approximate surface area is 123 Å². The largest absolute Gasteiger partial charge is 0.331 e. The maximum absolute atomic E-state index is 6.13. The first-order valence-electron chi connectivity index (χ1n) is 8.16. The van der Waals surface area contributed by atoms with Gasteiger partial charge in [0.05, 0.1) is 18.1 Å². The van der Waals surface area contributed by atoms with Crippen LogP contribution in [0.3, 0.4) is 0 Å². The molecule has 0 spiro atoms. The van der Waals surface area contributed by atoms with Gasteiger partial charge < -0.3 is 10.3 Å². The van der Waals surface area contributed by atoms with Gasteiger partial charge in [-0.15, -0.1) is 0 Å². The van der Waals surface area contributed by atoms with E-state index in [2.05, 4.69) is 35.2 Å². The number of likely N-dealkylation sites (N-methyl/N-ethyl adjacent to an activating group) is 1. The van der Waals surface area contributed by atoms with Crippen LogP contribution < -0.4 is 5.73 Å². The molecule has 0 amide bonds. The highest BCUT2D eigenvalue weighted by Crippen LogP contribution is 2.30. The van der Waals surface area contributed by atoms with Gasteiger partial charge in [-0.05, 0) is 33.2 Å². The molecule has 0 bridgehead atoms. The van der Waals surface area contributed by atoms with Crippen LogP contribution in [0, 0.1) is 0 Å². The van der Waals surface area contributed by atoms with Crippen LogP contribution in [0.5, 0.6) is 0 Å². The topological polar surface area (TPSA) is 47.1 Å². The molecule has 20 heavy (non-hydrogen) atoms. The summed E-state index contributed by atoms with van der Waals surface area (Å²) in [6, 6.07) is 1.43. The quantitative estimate of drug-likeness (QED) is 0.869. The summed E-state index contributed by atoms with van der Waals surface area (Å²) in [4.78, 5) is 6.96. The highest BCUT2D eigenvalue weighted by Gasteiger charge is 2.28. The van der Waals surface area contributed by atoms with Gasteiger partial charge in [0.1, 0.15) is 0 Å². The van der Waals surface area contributed by atoms with E-state index >= 15 is 0 Å². The van der Waals surface area contributed by atoms with E-state index in [1.165, 1.54) is 37.8 Å². The maximum Gasteiger partial charge on any atom is 0.0951 e. The lowest BCUT2D eigenvalue weighted by Gasteiger charge is -2.39. The van der Waals surface area contributed by atoms with Crippen molar-refractivity contribution >= 4 is 0 Å². The molecular weight excluding hydrogens is 248 g/mol. The summed E-state index contributed by atoms with van der Waals surface area (Å²) in [5.74, 6) is 0. The lowest BCUT2D eigenvalue weighted by atomic mass is 9.92. The molecule has 4 nitrogen and oxygen atoms in total. The van der Waals surface area contributed by atoms with Crippen LogP contribution in [-0.2, 0) is 0 Å². The standard InChI is InChI=1S/C16H30N4/c1-4-19(14-8-6-5-7-9-14)15(10-17)16-11-18-12-20(16)13(2)3/h11-15H,4-10,17H2,1-3H3. The fourth-order valence-electron chi connectivity index (χ4n) is 3.58. The van der Waals surface area contributed by atoms with Crippen LogP contribution >= 0.6 is 0 Å². The van der Waals surface area contributed by atoms with Crippen LogP contribution in [0.15, 0.2) is 12.5 Å². The second-order valence-corrected chi connectivity index (χ2v) is 6.19. The van der Waals surface area contributed by atoms with E-state index in [9.17, 15) is 0 Å². The Balaban J connectivity index is 2.21. The number of hydrogen-bond acceptors (Lipinski definition) is 3. The number of nitrogens with zero attached hydrogens (tertiary/aromatic N) is 3. The molecule has 1 saturated carbocycles. The van der Waals surface area contributed by atoms with E-state index in [0.29, 0.717) is 24.7 Å². The third-order valence-corrected chi connectivity index (χ3v) is 4.63. The fourth-order valence-corrected chi connectivity index (χ4v) is 3.58. The van der Waals surface area contributed by atoms with Crippen molar-refractivity contribution < 1.29 is 0 Å². The zero-order valence-corrected chi connectivity index (χ0v) is 13.3. The van der Waals surface area contributed by atoms with Gasteiger partial charge in [0.2, 0.25) is 0 Å². The lowest BCUT2D eigenvalue weighted by molar-refractivity contribution is 0.109. The summed E-state index contributed by atoms with van der Waals surface area (Å²) in [6.45, 7) is 8.40. The normalized spacial score (nSPS) is 18.9. The first kappa shape index (κ1) is 15.5. The molecule has 1 heterocycles. The number of hydrogen-bond donors (Lipinski definition) is 1. The Morgan fingerprint density at radius 2 is 2.05 bits per heavy atom. The van der Waals surface area contributed by atoms with E-state index in [-0.39, 0.29) is 0 Å². The minimum Gasteiger partial charge on any atom is -0.331 e. The number of rotatable bonds is 6. The van der Waals surface area contributed by atoms with Gasteiger partial charge in [0.25, 0.3) is 0 Å². The molecule has 1 atom stereocenters. The first-order valence-corrected chi connectivity index (χ1v) is 8.16. The van der Waals surface area contributed by atoms with Gasteiger partial charge in [-0.3, -0.25) is 4.90 Å². The van der Waals surface area contributed by atoms with Crippen LogP contribution in [0.25, 0.3) is 0 Å². The van der Waals surface area contributed by atoms with Crippen LogP contribution in [0.1, 0.15) is 70.7 Å². The van der Waals surface area contributed by atoms with E-state index in [4.69, 9.17) is 5.73 Å². The summed E-state index contributed by atoms with van der Waals surface area (Å²) in [6.07, 6.45) is 10.7. The molecule has 0 aromatic carbocycles. The summed E-state index contributed by atoms with van der Waals surface area (Å²) in [5.41, 5.74) is 7.41. The summed E-state index contributed by atoms with van der Waals surface area (Å²) < 4.78 is 2.27. The smallest absolute Gasteiger partial charge is 0.0951 e. The molecule has 0 aliphatic heterocycles. The van der Waals surface area contributed by atoms with Gasteiger partial charge in [0.15, 0.2) is 0 Å². The third-order valence-electron chi connectivity index (χ3n) is 4.63. The van der Waals surface area contributed by atoms with E-state index in [0.717, 1.165) is 6.54 Å². The van der Waals surface area contributed by atoms with Crippen molar-refractivity contribution in [3.05, 3.63) is 18.2 Å². The average Bonchev–Trinajstić information content (AvgIpc) is 2.94. The molecule has 1 unspecified atom stereocenters. The van der Waals surface area contributed by atoms with Crippen molar-refractivity contribution in [1.82, 2.24) is 14.5 Å². The highest BCUT2D eigenvalue weighted by molar-refractivity contribution is 5.08. The van der Waals surface area contributed by atoms with Crippen molar-refractivity contribution in [2.24, 2.45) is 5.73 Å².